The Morgan fingerprint density at radius 1 is 0.941 bits per heavy atom. The molecule has 2 unspecified atom stereocenters. The lowest BCUT2D eigenvalue weighted by Gasteiger charge is -2.23. The molecule has 0 amide bonds. The zero-order chi connectivity index (χ0) is 14.0. The molecule has 2 N–H and O–H groups in total. The van der Waals surface area contributed by atoms with E-state index in [0.717, 1.165) is 0 Å². The minimum absolute atomic E-state index is 0.338. The van der Waals surface area contributed by atoms with Gasteiger partial charge in [0.2, 0.25) is 11.2 Å². The molecular formula is C8H10F4O5. The molecule has 0 saturated carbocycles. The predicted octanol–water partition coefficient (Wildman–Crippen LogP) is 0.0884. The van der Waals surface area contributed by atoms with Gasteiger partial charge in [0.15, 0.2) is 0 Å². The van der Waals surface area contributed by atoms with E-state index in [1.165, 1.54) is 0 Å². The van der Waals surface area contributed by atoms with Crippen LogP contribution in [0.5, 0.6) is 0 Å². The number of hydrogen-bond donors (Lipinski definition) is 2. The van der Waals surface area contributed by atoms with Gasteiger partial charge in [-0.3, -0.25) is 0 Å². The van der Waals surface area contributed by atoms with Gasteiger partial charge in [-0.1, -0.05) is 0 Å². The fourth-order valence-electron chi connectivity index (χ4n) is 0.469. The van der Waals surface area contributed by atoms with E-state index in [2.05, 4.69) is 4.74 Å². The average Bonchev–Trinajstić information content (AvgIpc) is 2.16. The van der Waals surface area contributed by atoms with Gasteiger partial charge in [0.1, 0.15) is 0 Å². The van der Waals surface area contributed by atoms with Gasteiger partial charge in [-0.15, -0.1) is 0 Å². The Morgan fingerprint density at radius 3 is 1.35 bits per heavy atom. The zero-order valence-corrected chi connectivity index (χ0v) is 8.79. The maximum absolute atomic E-state index is 12.1. The van der Waals surface area contributed by atoms with E-state index in [1.807, 2.05) is 0 Å². The van der Waals surface area contributed by atoms with Crippen molar-refractivity contribution in [1.82, 2.24) is 0 Å². The van der Waals surface area contributed by atoms with E-state index in [0.29, 0.717) is 13.8 Å². The summed E-state index contributed by atoms with van der Waals surface area (Å²) < 4.78 is 51.9. The van der Waals surface area contributed by atoms with Crippen molar-refractivity contribution in [2.75, 3.05) is 0 Å². The molecule has 17 heavy (non-hydrogen) atoms. The summed E-state index contributed by atoms with van der Waals surface area (Å²) in [5.74, 6) is -4.25. The summed E-state index contributed by atoms with van der Waals surface area (Å²) in [4.78, 5) is 21.7. The second-order valence-corrected chi connectivity index (χ2v) is 3.57. The summed E-state index contributed by atoms with van der Waals surface area (Å²) >= 11 is 0. The molecule has 0 saturated heterocycles. The van der Waals surface area contributed by atoms with E-state index < -0.39 is 36.0 Å². The van der Waals surface area contributed by atoms with Crippen molar-refractivity contribution < 1.29 is 42.1 Å². The number of ether oxygens (including phenoxy) is 1. The van der Waals surface area contributed by atoms with Crippen LogP contribution in [0.3, 0.4) is 0 Å². The second kappa shape index (κ2) is 4.96. The van der Waals surface area contributed by atoms with Crippen LogP contribution >= 0.6 is 0 Å². The monoisotopic (exact) mass is 262 g/mol. The highest BCUT2D eigenvalue weighted by Crippen LogP contribution is 2.21. The van der Waals surface area contributed by atoms with Crippen LogP contribution in [0.4, 0.5) is 17.6 Å². The summed E-state index contributed by atoms with van der Waals surface area (Å²) in [6.07, 6.45) is -7.17. The van der Waals surface area contributed by atoms with Crippen LogP contribution in [0.1, 0.15) is 13.8 Å². The molecule has 0 radical (unpaired) electrons. The molecule has 9 heteroatoms. The van der Waals surface area contributed by atoms with Crippen LogP contribution in [-0.4, -0.2) is 46.2 Å². The molecule has 2 atom stereocenters. The van der Waals surface area contributed by atoms with Gasteiger partial charge in [-0.25, -0.2) is 27.2 Å². The Labute approximate surface area is 93.0 Å². The van der Waals surface area contributed by atoms with Crippen molar-refractivity contribution in [1.29, 1.82) is 0 Å². The Bertz CT molecular complexity index is 283. The first kappa shape index (κ1) is 15.8. The number of rotatable bonds is 4. The van der Waals surface area contributed by atoms with Crippen LogP contribution < -0.4 is 0 Å². The minimum Gasteiger partial charge on any atom is -0.389 e. The quantitative estimate of drug-likeness (QED) is 0.426. The Kier molecular flexibility index (Phi) is 4.61. The number of esters is 2. The standard InChI is InChI=1S/C8H10F4O5/c1-7(15,3(9)10)5(13)17-6(14)8(2,16)4(11)12/h3-4,15-16H,1-2H3. The zero-order valence-electron chi connectivity index (χ0n) is 8.79. The summed E-state index contributed by atoms with van der Waals surface area (Å²) in [6, 6.07) is 0. The number of alkyl halides is 4. The van der Waals surface area contributed by atoms with Crippen molar-refractivity contribution >= 4 is 11.9 Å². The highest BCUT2D eigenvalue weighted by atomic mass is 19.3. The summed E-state index contributed by atoms with van der Waals surface area (Å²) in [6.45, 7) is 0.675. The molecule has 0 fully saturated rings. The van der Waals surface area contributed by atoms with Gasteiger partial charge < -0.3 is 14.9 Å². The molecule has 0 aromatic heterocycles. The Morgan fingerprint density at radius 2 is 1.18 bits per heavy atom. The normalized spacial score (nSPS) is 18.7. The topological polar surface area (TPSA) is 83.8 Å². The van der Waals surface area contributed by atoms with E-state index in [9.17, 15) is 27.2 Å². The summed E-state index contributed by atoms with van der Waals surface area (Å²) in [5.41, 5.74) is -6.65. The molecule has 0 aromatic rings. The van der Waals surface area contributed by atoms with Gasteiger partial charge in [-0.05, 0) is 13.8 Å². The lowest BCUT2D eigenvalue weighted by atomic mass is 10.1. The maximum Gasteiger partial charge on any atom is 0.351 e. The minimum atomic E-state index is -3.58. The van der Waals surface area contributed by atoms with Gasteiger partial charge >= 0.3 is 11.9 Å². The van der Waals surface area contributed by atoms with Crippen molar-refractivity contribution in [3.05, 3.63) is 0 Å². The van der Waals surface area contributed by atoms with Crippen LogP contribution in [0.2, 0.25) is 0 Å². The van der Waals surface area contributed by atoms with Gasteiger partial charge in [0.25, 0.3) is 12.9 Å². The molecule has 0 aliphatic heterocycles. The third-order valence-corrected chi connectivity index (χ3v) is 1.86. The maximum atomic E-state index is 12.1. The van der Waals surface area contributed by atoms with Crippen molar-refractivity contribution in [3.63, 3.8) is 0 Å². The molecule has 0 heterocycles. The fourth-order valence-corrected chi connectivity index (χ4v) is 0.469. The third kappa shape index (κ3) is 3.37. The molecule has 5 nitrogen and oxygen atoms in total. The van der Waals surface area contributed by atoms with Crippen LogP contribution in [-0.2, 0) is 14.3 Å². The second-order valence-electron chi connectivity index (χ2n) is 3.57. The van der Waals surface area contributed by atoms with Crippen molar-refractivity contribution in [2.24, 2.45) is 0 Å². The van der Waals surface area contributed by atoms with Crippen LogP contribution in [0.15, 0.2) is 0 Å². The molecule has 0 aromatic carbocycles. The van der Waals surface area contributed by atoms with Crippen LogP contribution in [0.25, 0.3) is 0 Å². The van der Waals surface area contributed by atoms with Crippen molar-refractivity contribution in [2.45, 2.75) is 37.9 Å². The van der Waals surface area contributed by atoms with E-state index in [1.54, 1.807) is 0 Å². The Balaban J connectivity index is 4.78. The average molecular weight is 262 g/mol. The number of halogens is 4. The molecule has 100 valence electrons. The lowest BCUT2D eigenvalue weighted by molar-refractivity contribution is -0.199. The predicted molar refractivity (Wildman–Crippen MR) is 44.4 cm³/mol. The molecule has 0 aliphatic rings. The van der Waals surface area contributed by atoms with Crippen LogP contribution in [0, 0.1) is 0 Å². The highest BCUT2D eigenvalue weighted by Gasteiger charge is 2.48. The highest BCUT2D eigenvalue weighted by molar-refractivity contribution is 5.93. The lowest BCUT2D eigenvalue weighted by Crippen LogP contribution is -2.50. The summed E-state index contributed by atoms with van der Waals surface area (Å²) in [7, 11) is 0. The van der Waals surface area contributed by atoms with E-state index in [4.69, 9.17) is 10.2 Å². The van der Waals surface area contributed by atoms with Crippen molar-refractivity contribution in [3.8, 4) is 0 Å². The summed E-state index contributed by atoms with van der Waals surface area (Å²) in [5, 5.41) is 17.7. The van der Waals surface area contributed by atoms with Gasteiger partial charge in [0, 0.05) is 0 Å². The number of aliphatic hydroxyl groups is 2. The molecule has 0 spiro atoms. The SMILES string of the molecule is CC(O)(C(=O)OC(=O)C(C)(O)C(F)F)C(F)F. The molecular weight excluding hydrogens is 252 g/mol. The largest absolute Gasteiger partial charge is 0.389 e. The first-order valence-electron chi connectivity index (χ1n) is 4.21. The third-order valence-electron chi connectivity index (χ3n) is 1.86. The smallest absolute Gasteiger partial charge is 0.351 e. The van der Waals surface area contributed by atoms with Gasteiger partial charge in [-0.2, -0.15) is 0 Å². The molecule has 0 rings (SSSR count). The fraction of sp³-hybridized carbons (Fsp3) is 0.750. The first-order chi connectivity index (χ1) is 7.44. The van der Waals surface area contributed by atoms with Gasteiger partial charge in [0.05, 0.1) is 0 Å². The van der Waals surface area contributed by atoms with E-state index >= 15 is 0 Å². The first-order valence-corrected chi connectivity index (χ1v) is 4.21. The number of hydrogen-bond acceptors (Lipinski definition) is 5. The van der Waals surface area contributed by atoms with E-state index in [-0.39, 0.29) is 0 Å². The number of carbonyl (C=O) groups is 2. The molecule has 0 bridgehead atoms. The number of carbonyl (C=O) groups excluding carboxylic acids is 2. The molecule has 0 aliphatic carbocycles. The Hall–Kier alpha value is -1.22.